The molecule has 6 heteroatoms. The van der Waals surface area contributed by atoms with E-state index in [-0.39, 0.29) is 6.08 Å². The van der Waals surface area contributed by atoms with Gasteiger partial charge in [-0.25, -0.2) is 4.79 Å². The Morgan fingerprint density at radius 3 is 2.09 bits per heavy atom. The molecule has 0 aliphatic carbocycles. The van der Waals surface area contributed by atoms with E-state index in [0.29, 0.717) is 0 Å². The van der Waals surface area contributed by atoms with Gasteiger partial charge in [0.1, 0.15) is 0 Å². The number of carbonyl (C=O) groups is 1. The van der Waals surface area contributed by atoms with E-state index < -0.39 is 17.7 Å². The second kappa shape index (κ2) is 3.05. The number of halogens is 3. The first kappa shape index (κ1) is 9.49. The van der Waals surface area contributed by atoms with Crippen molar-refractivity contribution in [1.29, 1.82) is 5.26 Å². The average Bonchev–Trinajstić information content (AvgIpc) is 1.79. The number of aliphatic carboxylic acids is 1. The van der Waals surface area contributed by atoms with Gasteiger partial charge in [0, 0.05) is 6.08 Å². The molecule has 0 atom stereocenters. The maximum absolute atomic E-state index is 11.6. The minimum Gasteiger partial charge on any atom is -0.478 e. The standard InChI is InChI=1S/C5H2F3NO2/c6-5(7,8)3(1-2-9)4(10)11/h1H,(H,10,11)/b3-1+. The fourth-order valence-corrected chi connectivity index (χ4v) is 0.329. The Hall–Kier alpha value is -1.51. The first-order valence-corrected chi connectivity index (χ1v) is 2.30. The van der Waals surface area contributed by atoms with E-state index in [1.165, 1.54) is 0 Å². The lowest BCUT2D eigenvalue weighted by molar-refractivity contribution is -0.144. The zero-order valence-electron chi connectivity index (χ0n) is 5.01. The fourth-order valence-electron chi connectivity index (χ4n) is 0.329. The summed E-state index contributed by atoms with van der Waals surface area (Å²) in [5, 5.41) is 15.7. The van der Waals surface area contributed by atoms with E-state index in [4.69, 9.17) is 10.4 Å². The largest absolute Gasteiger partial charge is 0.478 e. The lowest BCUT2D eigenvalue weighted by atomic mass is 10.2. The Kier molecular flexibility index (Phi) is 2.63. The smallest absolute Gasteiger partial charge is 0.424 e. The van der Waals surface area contributed by atoms with Gasteiger partial charge in [-0.05, 0) is 0 Å². The van der Waals surface area contributed by atoms with Gasteiger partial charge < -0.3 is 5.11 Å². The summed E-state index contributed by atoms with van der Waals surface area (Å²) in [6, 6.07) is 0.993. The van der Waals surface area contributed by atoms with E-state index in [2.05, 4.69) is 0 Å². The summed E-state index contributed by atoms with van der Waals surface area (Å²) in [6.45, 7) is 0. The molecule has 0 radical (unpaired) electrons. The second-order valence-electron chi connectivity index (χ2n) is 1.49. The molecule has 0 aromatic rings. The number of nitriles is 1. The van der Waals surface area contributed by atoms with Crippen molar-refractivity contribution >= 4 is 5.97 Å². The minimum atomic E-state index is -4.97. The molecule has 0 rings (SSSR count). The number of carboxylic acid groups (broad SMARTS) is 1. The van der Waals surface area contributed by atoms with Crippen LogP contribution in [0.5, 0.6) is 0 Å². The van der Waals surface area contributed by atoms with Crippen molar-refractivity contribution in [1.82, 2.24) is 0 Å². The molecule has 0 aromatic heterocycles. The highest BCUT2D eigenvalue weighted by atomic mass is 19.4. The molecule has 0 heterocycles. The summed E-state index contributed by atoms with van der Waals surface area (Å²) < 4.78 is 34.7. The zero-order valence-corrected chi connectivity index (χ0v) is 5.01. The quantitative estimate of drug-likeness (QED) is 0.467. The predicted molar refractivity (Wildman–Crippen MR) is 27.4 cm³/mol. The van der Waals surface area contributed by atoms with E-state index in [1.54, 1.807) is 0 Å². The van der Waals surface area contributed by atoms with Gasteiger partial charge in [-0.1, -0.05) is 0 Å². The topological polar surface area (TPSA) is 61.1 Å². The summed E-state index contributed by atoms with van der Waals surface area (Å²) >= 11 is 0. The molecular formula is C5H2F3NO2. The van der Waals surface area contributed by atoms with Crippen molar-refractivity contribution < 1.29 is 23.1 Å². The summed E-state index contributed by atoms with van der Waals surface area (Å²) in [4.78, 5) is 9.80. The highest BCUT2D eigenvalue weighted by Gasteiger charge is 2.38. The molecule has 0 unspecified atom stereocenters. The minimum absolute atomic E-state index is 0.0532. The van der Waals surface area contributed by atoms with Crippen LogP contribution in [0.4, 0.5) is 13.2 Å². The summed E-state index contributed by atoms with van der Waals surface area (Å²) in [6.07, 6.45) is -5.02. The van der Waals surface area contributed by atoms with Crippen molar-refractivity contribution in [2.24, 2.45) is 0 Å². The van der Waals surface area contributed by atoms with Gasteiger partial charge in [-0.15, -0.1) is 0 Å². The Labute approximate surface area is 59.4 Å². The highest BCUT2D eigenvalue weighted by Crippen LogP contribution is 2.25. The van der Waals surface area contributed by atoms with E-state index in [9.17, 15) is 18.0 Å². The Morgan fingerprint density at radius 2 is 2.00 bits per heavy atom. The van der Waals surface area contributed by atoms with E-state index in [1.807, 2.05) is 0 Å². The van der Waals surface area contributed by atoms with Gasteiger partial charge in [-0.2, -0.15) is 18.4 Å². The lowest BCUT2D eigenvalue weighted by Gasteiger charge is -2.03. The van der Waals surface area contributed by atoms with Crippen LogP contribution in [0.1, 0.15) is 0 Å². The van der Waals surface area contributed by atoms with Gasteiger partial charge in [0.05, 0.1) is 6.07 Å². The van der Waals surface area contributed by atoms with E-state index in [0.717, 1.165) is 6.07 Å². The zero-order chi connectivity index (χ0) is 9.07. The number of allylic oxidation sites excluding steroid dienone is 1. The molecule has 0 bridgehead atoms. The molecule has 0 saturated carbocycles. The first-order chi connectivity index (χ1) is 4.89. The molecular weight excluding hydrogens is 163 g/mol. The van der Waals surface area contributed by atoms with Crippen LogP contribution >= 0.6 is 0 Å². The number of nitrogens with zero attached hydrogens (tertiary/aromatic N) is 1. The molecule has 0 aliphatic heterocycles. The molecule has 0 amide bonds. The van der Waals surface area contributed by atoms with Gasteiger partial charge >= 0.3 is 12.1 Å². The average molecular weight is 165 g/mol. The summed E-state index contributed by atoms with van der Waals surface area (Å²) in [5.41, 5.74) is -1.86. The highest BCUT2D eigenvalue weighted by molar-refractivity contribution is 5.88. The second-order valence-corrected chi connectivity index (χ2v) is 1.49. The maximum Gasteiger partial charge on any atom is 0.424 e. The SMILES string of the molecule is N#C/C=C(\C(=O)O)C(F)(F)F. The number of rotatable bonds is 1. The molecule has 11 heavy (non-hydrogen) atoms. The molecule has 0 saturated heterocycles. The van der Waals surface area contributed by atoms with Crippen LogP contribution in [-0.2, 0) is 4.79 Å². The fraction of sp³-hybridized carbons (Fsp3) is 0.200. The maximum atomic E-state index is 11.6. The third kappa shape index (κ3) is 2.71. The summed E-state index contributed by atoms with van der Waals surface area (Å²) in [7, 11) is 0. The molecule has 3 nitrogen and oxygen atoms in total. The molecule has 1 N–H and O–H groups in total. The van der Waals surface area contributed by atoms with Crippen LogP contribution in [0.15, 0.2) is 11.6 Å². The van der Waals surface area contributed by atoms with Crippen molar-refractivity contribution in [3.8, 4) is 6.07 Å². The van der Waals surface area contributed by atoms with Gasteiger partial charge in [0.15, 0.2) is 5.57 Å². The van der Waals surface area contributed by atoms with Crippen molar-refractivity contribution in [3.05, 3.63) is 11.6 Å². The number of alkyl halides is 3. The van der Waals surface area contributed by atoms with Crippen LogP contribution < -0.4 is 0 Å². The molecule has 0 spiro atoms. The third-order valence-corrected chi connectivity index (χ3v) is 0.745. The van der Waals surface area contributed by atoms with Crippen LogP contribution in [0.2, 0.25) is 0 Å². The number of hydrogen-bond acceptors (Lipinski definition) is 2. The Morgan fingerprint density at radius 1 is 1.55 bits per heavy atom. The predicted octanol–water partition coefficient (Wildman–Crippen LogP) is 1.08. The number of carboxylic acids is 1. The Bertz CT molecular complexity index is 235. The molecule has 0 aliphatic rings. The number of hydrogen-bond donors (Lipinski definition) is 1. The van der Waals surface area contributed by atoms with Gasteiger partial charge in [-0.3, -0.25) is 0 Å². The van der Waals surface area contributed by atoms with Crippen LogP contribution in [0.3, 0.4) is 0 Å². The monoisotopic (exact) mass is 165 g/mol. The van der Waals surface area contributed by atoms with Gasteiger partial charge in [0.25, 0.3) is 0 Å². The Balaban J connectivity index is 4.82. The normalized spacial score (nSPS) is 12.4. The van der Waals surface area contributed by atoms with Crippen molar-refractivity contribution in [2.45, 2.75) is 6.18 Å². The van der Waals surface area contributed by atoms with Crippen LogP contribution in [0.25, 0.3) is 0 Å². The molecule has 60 valence electrons. The first-order valence-electron chi connectivity index (χ1n) is 2.30. The molecule has 0 aromatic carbocycles. The van der Waals surface area contributed by atoms with Crippen molar-refractivity contribution in [2.75, 3.05) is 0 Å². The summed E-state index contributed by atoms with van der Waals surface area (Å²) in [5.74, 6) is -2.15. The van der Waals surface area contributed by atoms with Crippen LogP contribution in [-0.4, -0.2) is 17.3 Å². The van der Waals surface area contributed by atoms with Crippen LogP contribution in [0, 0.1) is 11.3 Å². The third-order valence-electron chi connectivity index (χ3n) is 0.745. The molecule has 0 fully saturated rings. The van der Waals surface area contributed by atoms with Gasteiger partial charge in [0.2, 0.25) is 0 Å². The van der Waals surface area contributed by atoms with Crippen molar-refractivity contribution in [3.63, 3.8) is 0 Å². The van der Waals surface area contributed by atoms with E-state index >= 15 is 0 Å². The lowest BCUT2D eigenvalue weighted by Crippen LogP contribution is -2.19.